The molecule has 7 nitrogen and oxygen atoms in total. The predicted octanol–water partition coefficient (Wildman–Crippen LogP) is 5.19. The van der Waals surface area contributed by atoms with Crippen LogP contribution in [0, 0.1) is 13.8 Å². The molecule has 3 aromatic rings. The van der Waals surface area contributed by atoms with Gasteiger partial charge in [0, 0.05) is 5.02 Å². The zero-order valence-electron chi connectivity index (χ0n) is 15.6. The molecule has 0 bridgehead atoms. The Labute approximate surface area is 167 Å². The molecule has 28 heavy (non-hydrogen) atoms. The standard InChI is InChI=1S/C20H19ClN4O3/c1-12-18(13(2)23-20(22-12)28-15-7-5-4-6-8-15)25-19(26)24-16-11-14(21)9-10-17(16)27-3/h4-11H,1-3H3,(H2,24,25,26). The first-order valence-electron chi connectivity index (χ1n) is 8.46. The number of hydrogen-bond acceptors (Lipinski definition) is 5. The van der Waals surface area contributed by atoms with Crippen molar-refractivity contribution in [2.45, 2.75) is 13.8 Å². The molecule has 0 aliphatic carbocycles. The second-order valence-electron chi connectivity index (χ2n) is 5.89. The van der Waals surface area contributed by atoms with Gasteiger partial charge in [0.2, 0.25) is 0 Å². The number of aryl methyl sites for hydroxylation is 2. The van der Waals surface area contributed by atoms with Crippen LogP contribution in [0.15, 0.2) is 48.5 Å². The highest BCUT2D eigenvalue weighted by Gasteiger charge is 2.14. The zero-order chi connectivity index (χ0) is 20.1. The van der Waals surface area contributed by atoms with Crippen molar-refractivity contribution in [2.75, 3.05) is 17.7 Å². The van der Waals surface area contributed by atoms with Gasteiger partial charge in [-0.05, 0) is 44.2 Å². The second kappa shape index (κ2) is 8.58. The molecule has 0 atom stereocenters. The molecule has 2 aromatic carbocycles. The number of benzene rings is 2. The monoisotopic (exact) mass is 398 g/mol. The van der Waals surface area contributed by atoms with Gasteiger partial charge in [0.05, 0.1) is 29.9 Å². The van der Waals surface area contributed by atoms with Crippen LogP contribution in [0.1, 0.15) is 11.4 Å². The molecule has 0 aliphatic rings. The molecule has 8 heteroatoms. The molecule has 0 radical (unpaired) electrons. The van der Waals surface area contributed by atoms with E-state index in [9.17, 15) is 4.79 Å². The Hall–Kier alpha value is -3.32. The molecule has 0 fully saturated rings. The molecule has 144 valence electrons. The van der Waals surface area contributed by atoms with Crippen molar-refractivity contribution in [2.24, 2.45) is 0 Å². The van der Waals surface area contributed by atoms with Crippen LogP contribution in [-0.4, -0.2) is 23.1 Å². The Kier molecular flexibility index (Phi) is 5.96. The van der Waals surface area contributed by atoms with Crippen LogP contribution < -0.4 is 20.1 Å². The van der Waals surface area contributed by atoms with Gasteiger partial charge in [-0.1, -0.05) is 29.8 Å². The molecule has 0 saturated heterocycles. The summed E-state index contributed by atoms with van der Waals surface area (Å²) < 4.78 is 10.9. The molecule has 0 unspecified atom stereocenters. The van der Waals surface area contributed by atoms with E-state index in [2.05, 4.69) is 20.6 Å². The second-order valence-corrected chi connectivity index (χ2v) is 6.33. The minimum Gasteiger partial charge on any atom is -0.495 e. The number of rotatable bonds is 5. The Morgan fingerprint density at radius 3 is 2.32 bits per heavy atom. The maximum Gasteiger partial charge on any atom is 0.323 e. The number of ether oxygens (including phenoxy) is 2. The number of nitrogens with zero attached hydrogens (tertiary/aromatic N) is 2. The van der Waals surface area contributed by atoms with Crippen molar-refractivity contribution >= 4 is 29.0 Å². The van der Waals surface area contributed by atoms with E-state index in [-0.39, 0.29) is 6.01 Å². The quantitative estimate of drug-likeness (QED) is 0.617. The van der Waals surface area contributed by atoms with Crippen molar-refractivity contribution in [1.29, 1.82) is 0 Å². The number of aromatic nitrogens is 2. The zero-order valence-corrected chi connectivity index (χ0v) is 16.4. The summed E-state index contributed by atoms with van der Waals surface area (Å²) in [4.78, 5) is 21.1. The summed E-state index contributed by atoms with van der Waals surface area (Å²) in [7, 11) is 1.51. The summed E-state index contributed by atoms with van der Waals surface area (Å²) in [6, 6.07) is 13.9. The van der Waals surface area contributed by atoms with Crippen LogP contribution in [0.2, 0.25) is 5.02 Å². The van der Waals surface area contributed by atoms with Crippen molar-refractivity contribution in [3.63, 3.8) is 0 Å². The van der Waals surface area contributed by atoms with E-state index >= 15 is 0 Å². The van der Waals surface area contributed by atoms with Gasteiger partial charge in [0.15, 0.2) is 0 Å². The minimum atomic E-state index is -0.466. The van der Waals surface area contributed by atoms with E-state index in [1.165, 1.54) is 7.11 Å². The Bertz CT molecular complexity index is 973. The number of hydrogen-bond donors (Lipinski definition) is 2. The van der Waals surface area contributed by atoms with E-state index in [0.29, 0.717) is 39.3 Å². The van der Waals surface area contributed by atoms with Crippen LogP contribution in [-0.2, 0) is 0 Å². The molecule has 1 aromatic heterocycles. The van der Waals surface area contributed by atoms with Gasteiger partial charge in [-0.2, -0.15) is 9.97 Å². The van der Waals surface area contributed by atoms with Gasteiger partial charge >= 0.3 is 12.0 Å². The third-order valence-corrected chi connectivity index (χ3v) is 4.09. The van der Waals surface area contributed by atoms with Gasteiger partial charge in [-0.3, -0.25) is 0 Å². The van der Waals surface area contributed by atoms with E-state index in [4.69, 9.17) is 21.1 Å². The number of carbonyl (C=O) groups excluding carboxylic acids is 1. The maximum atomic E-state index is 12.4. The van der Waals surface area contributed by atoms with Crippen molar-refractivity contribution in [3.8, 4) is 17.5 Å². The number of para-hydroxylation sites is 1. The average Bonchev–Trinajstić information content (AvgIpc) is 2.66. The first-order chi connectivity index (χ1) is 13.5. The smallest absolute Gasteiger partial charge is 0.323 e. The molecule has 1 heterocycles. The number of amides is 2. The molecule has 0 aliphatic heterocycles. The summed E-state index contributed by atoms with van der Waals surface area (Å²) in [5.41, 5.74) is 2.10. The minimum absolute atomic E-state index is 0.212. The largest absolute Gasteiger partial charge is 0.495 e. The summed E-state index contributed by atoms with van der Waals surface area (Å²) in [5.74, 6) is 1.13. The normalized spacial score (nSPS) is 10.3. The summed E-state index contributed by atoms with van der Waals surface area (Å²) in [6.45, 7) is 3.53. The number of anilines is 2. The van der Waals surface area contributed by atoms with Crippen molar-refractivity contribution < 1.29 is 14.3 Å². The maximum absolute atomic E-state index is 12.4. The lowest BCUT2D eigenvalue weighted by Gasteiger charge is -2.14. The molecule has 3 rings (SSSR count). The lowest BCUT2D eigenvalue weighted by molar-refractivity contribution is 0.262. The SMILES string of the molecule is COc1ccc(Cl)cc1NC(=O)Nc1c(C)nc(Oc2ccccc2)nc1C. The molecule has 2 N–H and O–H groups in total. The lowest BCUT2D eigenvalue weighted by Crippen LogP contribution is -2.21. The van der Waals surface area contributed by atoms with Crippen LogP contribution in [0.3, 0.4) is 0 Å². The average molecular weight is 399 g/mol. The third kappa shape index (κ3) is 4.69. The number of urea groups is 1. The Morgan fingerprint density at radius 1 is 1.00 bits per heavy atom. The van der Waals surface area contributed by atoms with Crippen molar-refractivity contribution in [3.05, 3.63) is 64.9 Å². The predicted molar refractivity (Wildman–Crippen MR) is 109 cm³/mol. The van der Waals surface area contributed by atoms with E-state index in [1.807, 2.05) is 30.3 Å². The van der Waals surface area contributed by atoms with Crippen LogP contribution in [0.5, 0.6) is 17.5 Å². The van der Waals surface area contributed by atoms with Gasteiger partial charge in [-0.25, -0.2) is 4.79 Å². The number of nitrogens with one attached hydrogen (secondary N) is 2. The molecular weight excluding hydrogens is 380 g/mol. The molecule has 0 spiro atoms. The highest BCUT2D eigenvalue weighted by atomic mass is 35.5. The topological polar surface area (TPSA) is 85.4 Å². The number of methoxy groups -OCH3 is 1. The highest BCUT2D eigenvalue weighted by Crippen LogP contribution is 2.28. The summed E-state index contributed by atoms with van der Waals surface area (Å²) in [5, 5.41) is 5.95. The first kappa shape index (κ1) is 19.4. The van der Waals surface area contributed by atoms with E-state index in [0.717, 1.165) is 0 Å². The van der Waals surface area contributed by atoms with Gasteiger partial charge < -0.3 is 20.1 Å². The summed E-state index contributed by atoms with van der Waals surface area (Å²) in [6.07, 6.45) is 0. The van der Waals surface area contributed by atoms with Crippen molar-refractivity contribution in [1.82, 2.24) is 9.97 Å². The van der Waals surface area contributed by atoms with Gasteiger partial charge in [0.25, 0.3) is 0 Å². The summed E-state index contributed by atoms with van der Waals surface area (Å²) >= 11 is 5.99. The molecular formula is C20H19ClN4O3. The van der Waals surface area contributed by atoms with E-state index < -0.39 is 6.03 Å². The van der Waals surface area contributed by atoms with Crippen LogP contribution >= 0.6 is 11.6 Å². The fourth-order valence-corrected chi connectivity index (χ4v) is 2.72. The Morgan fingerprint density at radius 2 is 1.68 bits per heavy atom. The molecule has 2 amide bonds. The van der Waals surface area contributed by atoms with Crippen LogP contribution in [0.25, 0.3) is 0 Å². The lowest BCUT2D eigenvalue weighted by atomic mass is 10.3. The Balaban J connectivity index is 1.75. The first-order valence-corrected chi connectivity index (χ1v) is 8.83. The number of carbonyl (C=O) groups is 1. The van der Waals surface area contributed by atoms with Crippen LogP contribution in [0.4, 0.5) is 16.2 Å². The fraction of sp³-hybridized carbons (Fsp3) is 0.150. The van der Waals surface area contributed by atoms with E-state index in [1.54, 1.807) is 32.0 Å². The van der Waals surface area contributed by atoms with Gasteiger partial charge in [-0.15, -0.1) is 0 Å². The highest BCUT2D eigenvalue weighted by molar-refractivity contribution is 6.31. The van der Waals surface area contributed by atoms with Gasteiger partial charge in [0.1, 0.15) is 11.5 Å². The molecule has 0 saturated carbocycles. The fourth-order valence-electron chi connectivity index (χ4n) is 2.55. The number of halogens is 1. The third-order valence-electron chi connectivity index (χ3n) is 3.85.